The number of carbonyl (C=O) groups excluding carboxylic acids is 1. The highest BCUT2D eigenvalue weighted by molar-refractivity contribution is 5.78. The minimum absolute atomic E-state index is 0.0592. The molecule has 3 N–H and O–H groups in total. The van der Waals surface area contributed by atoms with E-state index in [1.165, 1.54) is 5.56 Å². The highest BCUT2D eigenvalue weighted by Gasteiger charge is 2.32. The second-order valence-electron chi connectivity index (χ2n) is 6.07. The average molecular weight is 286 g/mol. The first-order chi connectivity index (χ1) is 10.0. The molecule has 21 heavy (non-hydrogen) atoms. The van der Waals surface area contributed by atoms with Crippen molar-refractivity contribution in [2.45, 2.75) is 45.2 Å². The molecule has 1 aromatic carbocycles. The Morgan fingerprint density at radius 3 is 3.14 bits per heavy atom. The zero-order valence-corrected chi connectivity index (χ0v) is 12.6. The summed E-state index contributed by atoms with van der Waals surface area (Å²) >= 11 is 0. The minimum atomic E-state index is -0.0999. The van der Waals surface area contributed by atoms with E-state index in [4.69, 9.17) is 5.73 Å². The van der Waals surface area contributed by atoms with Crippen LogP contribution in [0.5, 0.6) is 0 Å². The third kappa shape index (κ3) is 2.78. The van der Waals surface area contributed by atoms with Gasteiger partial charge in [-0.15, -0.1) is 0 Å². The molecule has 5 heteroatoms. The van der Waals surface area contributed by atoms with E-state index in [-0.39, 0.29) is 18.0 Å². The molecular weight excluding hydrogens is 264 g/mol. The van der Waals surface area contributed by atoms with Crippen LogP contribution in [0.3, 0.4) is 0 Å². The predicted octanol–water partition coefficient (Wildman–Crippen LogP) is 2.27. The van der Waals surface area contributed by atoms with Crippen LogP contribution >= 0.6 is 0 Å². The number of amides is 1. The van der Waals surface area contributed by atoms with Crippen LogP contribution < -0.4 is 5.73 Å². The Balaban J connectivity index is 1.88. The fourth-order valence-electron chi connectivity index (χ4n) is 3.04. The van der Waals surface area contributed by atoms with E-state index < -0.39 is 0 Å². The van der Waals surface area contributed by atoms with Gasteiger partial charge in [0.2, 0.25) is 5.91 Å². The van der Waals surface area contributed by atoms with Crippen LogP contribution in [0, 0.1) is 6.92 Å². The number of aryl methyl sites for hydroxylation is 1. The quantitative estimate of drug-likeness (QED) is 0.909. The van der Waals surface area contributed by atoms with Crippen LogP contribution in [-0.4, -0.2) is 33.4 Å². The van der Waals surface area contributed by atoms with Crippen molar-refractivity contribution in [3.8, 4) is 0 Å². The number of hydrogen-bond acceptors (Lipinski definition) is 3. The van der Waals surface area contributed by atoms with Crippen LogP contribution in [-0.2, 0) is 4.79 Å². The first-order valence-electron chi connectivity index (χ1n) is 7.56. The van der Waals surface area contributed by atoms with Gasteiger partial charge in [-0.2, -0.15) is 0 Å². The Morgan fingerprint density at radius 2 is 2.38 bits per heavy atom. The summed E-state index contributed by atoms with van der Waals surface area (Å²) in [7, 11) is 0. The summed E-state index contributed by atoms with van der Waals surface area (Å²) in [4.78, 5) is 22.3. The number of aromatic nitrogens is 2. The van der Waals surface area contributed by atoms with Crippen LogP contribution in [0.15, 0.2) is 18.2 Å². The van der Waals surface area contributed by atoms with Gasteiger partial charge in [-0.1, -0.05) is 6.07 Å². The molecule has 1 saturated heterocycles. The number of fused-ring (bicyclic) bond motifs is 1. The molecule has 1 aromatic heterocycles. The molecule has 3 rings (SSSR count). The van der Waals surface area contributed by atoms with E-state index in [0.29, 0.717) is 6.42 Å². The molecule has 5 nitrogen and oxygen atoms in total. The van der Waals surface area contributed by atoms with Gasteiger partial charge in [0.1, 0.15) is 5.82 Å². The summed E-state index contributed by atoms with van der Waals surface area (Å²) < 4.78 is 0. The van der Waals surface area contributed by atoms with E-state index in [0.717, 1.165) is 36.2 Å². The zero-order chi connectivity index (χ0) is 15.0. The van der Waals surface area contributed by atoms with Gasteiger partial charge in [0.05, 0.1) is 17.1 Å². The average Bonchev–Trinajstić information content (AvgIpc) is 3.02. The molecular formula is C16H22N4O. The number of imidazole rings is 1. The van der Waals surface area contributed by atoms with Crippen LogP contribution in [0.2, 0.25) is 0 Å². The lowest BCUT2D eigenvalue weighted by Crippen LogP contribution is -2.34. The fraction of sp³-hybridized carbons (Fsp3) is 0.500. The second-order valence-corrected chi connectivity index (χ2v) is 6.07. The Morgan fingerprint density at radius 1 is 1.57 bits per heavy atom. The van der Waals surface area contributed by atoms with E-state index >= 15 is 0 Å². The highest BCUT2D eigenvalue weighted by atomic mass is 16.2. The summed E-state index contributed by atoms with van der Waals surface area (Å²) in [6, 6.07) is 6.13. The molecule has 0 saturated carbocycles. The summed E-state index contributed by atoms with van der Waals surface area (Å²) in [5.74, 6) is 1.02. The third-order valence-electron chi connectivity index (χ3n) is 4.04. The van der Waals surface area contributed by atoms with Crippen LogP contribution in [0.1, 0.15) is 43.6 Å². The second kappa shape index (κ2) is 5.48. The van der Waals surface area contributed by atoms with Crippen molar-refractivity contribution in [1.29, 1.82) is 0 Å². The minimum Gasteiger partial charge on any atom is -0.340 e. The van der Waals surface area contributed by atoms with Gasteiger partial charge in [-0.3, -0.25) is 4.79 Å². The van der Waals surface area contributed by atoms with E-state index in [1.807, 2.05) is 17.9 Å². The number of carbonyl (C=O) groups is 1. The maximum Gasteiger partial charge on any atom is 0.224 e. The van der Waals surface area contributed by atoms with Gasteiger partial charge in [-0.25, -0.2) is 4.98 Å². The summed E-state index contributed by atoms with van der Waals surface area (Å²) in [5.41, 5.74) is 8.95. The largest absolute Gasteiger partial charge is 0.340 e. The molecule has 2 heterocycles. The van der Waals surface area contributed by atoms with Crippen molar-refractivity contribution in [2.24, 2.45) is 5.73 Å². The highest BCUT2D eigenvalue weighted by Crippen LogP contribution is 2.32. The van der Waals surface area contributed by atoms with Crippen LogP contribution in [0.4, 0.5) is 0 Å². The number of rotatable bonds is 3. The Bertz CT molecular complexity index is 661. The molecule has 1 fully saturated rings. The van der Waals surface area contributed by atoms with Crippen molar-refractivity contribution in [3.05, 3.63) is 29.6 Å². The molecule has 2 atom stereocenters. The number of likely N-dealkylation sites (tertiary alicyclic amines) is 1. The van der Waals surface area contributed by atoms with Crippen molar-refractivity contribution >= 4 is 16.9 Å². The lowest BCUT2D eigenvalue weighted by atomic mass is 10.2. The first kappa shape index (κ1) is 14.1. The van der Waals surface area contributed by atoms with Gasteiger partial charge in [0, 0.05) is 19.0 Å². The van der Waals surface area contributed by atoms with Gasteiger partial charge in [-0.05, 0) is 44.4 Å². The van der Waals surface area contributed by atoms with Gasteiger partial charge in [0.15, 0.2) is 0 Å². The van der Waals surface area contributed by atoms with Crippen molar-refractivity contribution < 1.29 is 4.79 Å². The zero-order valence-electron chi connectivity index (χ0n) is 12.6. The van der Waals surface area contributed by atoms with Crippen molar-refractivity contribution in [1.82, 2.24) is 14.9 Å². The molecule has 0 aliphatic carbocycles. The smallest absolute Gasteiger partial charge is 0.224 e. The van der Waals surface area contributed by atoms with Crippen LogP contribution in [0.25, 0.3) is 11.0 Å². The predicted molar refractivity (Wildman–Crippen MR) is 82.8 cm³/mol. The number of aromatic amines is 1. The van der Waals surface area contributed by atoms with E-state index in [2.05, 4.69) is 29.0 Å². The monoisotopic (exact) mass is 286 g/mol. The number of hydrogen-bond donors (Lipinski definition) is 2. The van der Waals surface area contributed by atoms with E-state index in [1.54, 1.807) is 0 Å². The first-order valence-corrected chi connectivity index (χ1v) is 7.56. The molecule has 0 spiro atoms. The molecule has 1 aliphatic heterocycles. The number of nitrogens with two attached hydrogens (primary N) is 1. The Labute approximate surface area is 124 Å². The molecule has 2 unspecified atom stereocenters. The van der Waals surface area contributed by atoms with Crippen molar-refractivity contribution in [2.75, 3.05) is 6.54 Å². The normalized spacial score (nSPS) is 20.1. The standard InChI is InChI=1S/C16H22N4O/c1-10-5-6-12-13(8-10)19-16(18-12)14-4-3-7-20(14)15(21)9-11(2)17/h5-6,8,11,14H,3-4,7,9,17H2,1-2H3,(H,18,19). The lowest BCUT2D eigenvalue weighted by molar-refractivity contribution is -0.132. The van der Waals surface area contributed by atoms with E-state index in [9.17, 15) is 4.79 Å². The maximum absolute atomic E-state index is 12.3. The SMILES string of the molecule is Cc1ccc2nc(C3CCCN3C(=O)CC(C)N)[nH]c2c1. The summed E-state index contributed by atoms with van der Waals surface area (Å²) in [6.07, 6.45) is 2.38. The maximum atomic E-state index is 12.3. The molecule has 1 aliphatic rings. The molecule has 0 bridgehead atoms. The number of H-pyrrole nitrogens is 1. The van der Waals surface area contributed by atoms with Gasteiger partial charge < -0.3 is 15.6 Å². The number of nitrogens with one attached hydrogen (secondary N) is 1. The fourth-order valence-corrected chi connectivity index (χ4v) is 3.04. The van der Waals surface area contributed by atoms with Gasteiger partial charge >= 0.3 is 0 Å². The summed E-state index contributed by atoms with van der Waals surface area (Å²) in [6.45, 7) is 4.73. The van der Waals surface area contributed by atoms with Crippen molar-refractivity contribution in [3.63, 3.8) is 0 Å². The third-order valence-corrected chi connectivity index (χ3v) is 4.04. The number of benzene rings is 1. The molecule has 1 amide bonds. The van der Waals surface area contributed by atoms with Gasteiger partial charge in [0.25, 0.3) is 0 Å². The molecule has 0 radical (unpaired) electrons. The topological polar surface area (TPSA) is 75.0 Å². The Hall–Kier alpha value is -1.88. The molecule has 112 valence electrons. The Kier molecular flexibility index (Phi) is 3.68. The molecule has 2 aromatic rings. The lowest BCUT2D eigenvalue weighted by Gasteiger charge is -2.24. The number of nitrogens with zero attached hydrogens (tertiary/aromatic N) is 2. The summed E-state index contributed by atoms with van der Waals surface area (Å²) in [5, 5.41) is 0.